The van der Waals surface area contributed by atoms with Crippen molar-refractivity contribution in [3.05, 3.63) is 59.2 Å². The largest absolute Gasteiger partial charge is 0.493 e. The van der Waals surface area contributed by atoms with Gasteiger partial charge in [0.2, 0.25) is 11.5 Å². The molecule has 2 amide bonds. The highest BCUT2D eigenvalue weighted by Gasteiger charge is 2.20. The molecule has 196 valence electrons. The summed E-state index contributed by atoms with van der Waals surface area (Å²) < 4.78 is 32.0. The Morgan fingerprint density at radius 2 is 0.919 bits per heavy atom. The number of anilines is 2. The summed E-state index contributed by atoms with van der Waals surface area (Å²) in [5.41, 5.74) is 2.23. The van der Waals surface area contributed by atoms with Crippen molar-refractivity contribution < 1.29 is 38.0 Å². The smallest absolute Gasteiger partial charge is 0.255 e. The van der Waals surface area contributed by atoms with Gasteiger partial charge in [0.05, 0.1) is 54.0 Å². The summed E-state index contributed by atoms with van der Waals surface area (Å²) in [6, 6.07) is 11.4. The molecule has 0 aliphatic rings. The SMILES string of the molecule is COc1cc(C(=O)Nc2ccc(C)cc2NC(=O)c2cc(OC)c(OC)c(OC)c2)cc(OC)c1OC. The fraction of sp³-hybridized carbons (Fsp3) is 0.259. The van der Waals surface area contributed by atoms with Gasteiger partial charge in [0.1, 0.15) is 0 Å². The molecule has 0 aliphatic carbocycles. The maximum Gasteiger partial charge on any atom is 0.255 e. The minimum Gasteiger partial charge on any atom is -0.493 e. The van der Waals surface area contributed by atoms with Crippen LogP contribution in [-0.2, 0) is 0 Å². The third kappa shape index (κ3) is 5.80. The first-order valence-electron chi connectivity index (χ1n) is 11.1. The molecule has 0 aliphatic heterocycles. The first-order valence-corrected chi connectivity index (χ1v) is 11.1. The van der Waals surface area contributed by atoms with E-state index in [4.69, 9.17) is 28.4 Å². The highest BCUT2D eigenvalue weighted by Crippen LogP contribution is 2.40. The van der Waals surface area contributed by atoms with Crippen molar-refractivity contribution in [3.8, 4) is 34.5 Å². The van der Waals surface area contributed by atoms with Crippen molar-refractivity contribution in [2.24, 2.45) is 0 Å². The summed E-state index contributed by atoms with van der Waals surface area (Å²) in [7, 11) is 8.84. The van der Waals surface area contributed by atoms with Crippen molar-refractivity contribution in [3.63, 3.8) is 0 Å². The Labute approximate surface area is 215 Å². The van der Waals surface area contributed by atoms with Gasteiger partial charge in [0.25, 0.3) is 11.8 Å². The Balaban J connectivity index is 1.93. The van der Waals surface area contributed by atoms with Crippen LogP contribution in [0.1, 0.15) is 26.3 Å². The predicted octanol–water partition coefficient (Wildman–Crippen LogP) is 4.55. The second-order valence-corrected chi connectivity index (χ2v) is 7.79. The van der Waals surface area contributed by atoms with E-state index in [0.29, 0.717) is 45.9 Å². The van der Waals surface area contributed by atoms with Crippen molar-refractivity contribution >= 4 is 23.2 Å². The summed E-state index contributed by atoms with van der Waals surface area (Å²) in [4.78, 5) is 26.3. The van der Waals surface area contributed by atoms with E-state index < -0.39 is 11.8 Å². The summed E-state index contributed by atoms with van der Waals surface area (Å²) >= 11 is 0. The summed E-state index contributed by atoms with van der Waals surface area (Å²) in [6.07, 6.45) is 0. The number of amides is 2. The first-order chi connectivity index (χ1) is 17.8. The number of ether oxygens (including phenoxy) is 6. The number of nitrogens with one attached hydrogen (secondary N) is 2. The zero-order valence-corrected chi connectivity index (χ0v) is 21.8. The lowest BCUT2D eigenvalue weighted by Crippen LogP contribution is -2.17. The van der Waals surface area contributed by atoms with Crippen LogP contribution >= 0.6 is 0 Å². The van der Waals surface area contributed by atoms with Crippen LogP contribution in [0, 0.1) is 6.92 Å². The third-order valence-electron chi connectivity index (χ3n) is 5.53. The molecule has 3 rings (SSSR count). The van der Waals surface area contributed by atoms with Crippen LogP contribution < -0.4 is 39.1 Å². The van der Waals surface area contributed by atoms with E-state index >= 15 is 0 Å². The van der Waals surface area contributed by atoms with Gasteiger partial charge in [0, 0.05) is 11.1 Å². The van der Waals surface area contributed by atoms with Gasteiger partial charge in [-0.05, 0) is 48.9 Å². The maximum atomic E-state index is 13.2. The number of hydrogen-bond acceptors (Lipinski definition) is 8. The second kappa shape index (κ2) is 11.9. The molecule has 0 aromatic heterocycles. The lowest BCUT2D eigenvalue weighted by molar-refractivity contribution is 0.101. The lowest BCUT2D eigenvalue weighted by atomic mass is 10.1. The van der Waals surface area contributed by atoms with Gasteiger partial charge in [-0.3, -0.25) is 9.59 Å². The van der Waals surface area contributed by atoms with Crippen LogP contribution in [0.4, 0.5) is 11.4 Å². The van der Waals surface area contributed by atoms with Crippen LogP contribution in [0.5, 0.6) is 34.5 Å². The molecule has 0 saturated heterocycles. The standard InChI is InChI=1S/C27H30N2O8/c1-15-8-9-18(28-26(30)16-11-20(32-2)24(36-6)21(12-16)33-3)19(10-15)29-27(31)17-13-22(34-4)25(37-7)23(14-17)35-5/h8-14H,1-7H3,(H,28,30)(H,29,31). The molecule has 0 atom stereocenters. The van der Waals surface area contributed by atoms with Gasteiger partial charge in [0.15, 0.2) is 23.0 Å². The monoisotopic (exact) mass is 510 g/mol. The minimum atomic E-state index is -0.439. The molecule has 2 N–H and O–H groups in total. The average molecular weight is 511 g/mol. The van der Waals surface area contributed by atoms with Crippen LogP contribution in [0.25, 0.3) is 0 Å². The van der Waals surface area contributed by atoms with E-state index in [1.165, 1.54) is 42.7 Å². The maximum absolute atomic E-state index is 13.2. The first kappa shape index (κ1) is 27.0. The molecule has 0 spiro atoms. The van der Waals surface area contributed by atoms with Gasteiger partial charge in [-0.1, -0.05) is 6.07 Å². The highest BCUT2D eigenvalue weighted by atomic mass is 16.5. The number of hydrogen-bond donors (Lipinski definition) is 2. The number of methoxy groups -OCH3 is 6. The number of carbonyl (C=O) groups is 2. The molecule has 37 heavy (non-hydrogen) atoms. The van der Waals surface area contributed by atoms with Gasteiger partial charge in [-0.25, -0.2) is 0 Å². The molecule has 0 heterocycles. The molecule has 10 nitrogen and oxygen atoms in total. The molecule has 0 radical (unpaired) electrons. The molecule has 10 heteroatoms. The second-order valence-electron chi connectivity index (χ2n) is 7.79. The molecule has 3 aromatic rings. The molecule has 0 bridgehead atoms. The van der Waals surface area contributed by atoms with Gasteiger partial charge in [-0.2, -0.15) is 0 Å². The van der Waals surface area contributed by atoms with E-state index in [1.807, 2.05) is 13.0 Å². The fourth-order valence-corrected chi connectivity index (χ4v) is 3.68. The normalized spacial score (nSPS) is 10.2. The third-order valence-corrected chi connectivity index (χ3v) is 5.53. The van der Waals surface area contributed by atoms with Gasteiger partial charge < -0.3 is 39.1 Å². The number of benzene rings is 3. The molecule has 0 fully saturated rings. The Hall–Kier alpha value is -4.60. The zero-order valence-electron chi connectivity index (χ0n) is 21.8. The predicted molar refractivity (Wildman–Crippen MR) is 139 cm³/mol. The van der Waals surface area contributed by atoms with Crippen molar-refractivity contribution in [1.29, 1.82) is 0 Å². The van der Waals surface area contributed by atoms with Gasteiger partial charge in [-0.15, -0.1) is 0 Å². The van der Waals surface area contributed by atoms with Gasteiger partial charge >= 0.3 is 0 Å². The number of aryl methyl sites for hydroxylation is 1. The fourth-order valence-electron chi connectivity index (χ4n) is 3.68. The summed E-state index contributed by atoms with van der Waals surface area (Å²) in [6.45, 7) is 1.87. The molecular formula is C27H30N2O8. The van der Waals surface area contributed by atoms with Crippen LogP contribution in [0.15, 0.2) is 42.5 Å². The van der Waals surface area contributed by atoms with Crippen molar-refractivity contribution in [2.75, 3.05) is 53.3 Å². The highest BCUT2D eigenvalue weighted by molar-refractivity contribution is 6.10. The van der Waals surface area contributed by atoms with E-state index in [1.54, 1.807) is 36.4 Å². The van der Waals surface area contributed by atoms with Crippen LogP contribution in [-0.4, -0.2) is 54.5 Å². The number of rotatable bonds is 10. The van der Waals surface area contributed by atoms with E-state index in [2.05, 4.69) is 10.6 Å². The Bertz CT molecular complexity index is 1260. The molecule has 0 unspecified atom stereocenters. The minimum absolute atomic E-state index is 0.275. The van der Waals surface area contributed by atoms with Crippen molar-refractivity contribution in [1.82, 2.24) is 0 Å². The topological polar surface area (TPSA) is 114 Å². The number of carbonyl (C=O) groups excluding carboxylic acids is 2. The van der Waals surface area contributed by atoms with E-state index in [9.17, 15) is 9.59 Å². The average Bonchev–Trinajstić information content (AvgIpc) is 2.92. The van der Waals surface area contributed by atoms with Crippen molar-refractivity contribution in [2.45, 2.75) is 6.92 Å². The Kier molecular flexibility index (Phi) is 8.68. The molecule has 3 aromatic carbocycles. The van der Waals surface area contributed by atoms with E-state index in [0.717, 1.165) is 5.56 Å². The van der Waals surface area contributed by atoms with Crippen LogP contribution in [0.2, 0.25) is 0 Å². The molecular weight excluding hydrogens is 480 g/mol. The summed E-state index contributed by atoms with van der Waals surface area (Å²) in [5.74, 6) is 1.23. The molecule has 0 saturated carbocycles. The Morgan fingerprint density at radius 3 is 1.27 bits per heavy atom. The lowest BCUT2D eigenvalue weighted by Gasteiger charge is -2.17. The van der Waals surface area contributed by atoms with E-state index in [-0.39, 0.29) is 11.1 Å². The van der Waals surface area contributed by atoms with Crippen LogP contribution in [0.3, 0.4) is 0 Å². The summed E-state index contributed by atoms with van der Waals surface area (Å²) in [5, 5.41) is 5.69. The zero-order chi connectivity index (χ0) is 27.1. The Morgan fingerprint density at radius 1 is 0.541 bits per heavy atom. The quantitative estimate of drug-likeness (QED) is 0.408.